The molecule has 29 heavy (non-hydrogen) atoms. The molecule has 8 nitrogen and oxygen atoms in total. The third-order valence-corrected chi connectivity index (χ3v) is 5.32. The summed E-state index contributed by atoms with van der Waals surface area (Å²) >= 11 is 0. The molecular weight excluding hydrogens is 380 g/mol. The van der Waals surface area contributed by atoms with Crippen LogP contribution in [0.25, 0.3) is 0 Å². The van der Waals surface area contributed by atoms with Crippen LogP contribution in [0.5, 0.6) is 0 Å². The van der Waals surface area contributed by atoms with Crippen molar-refractivity contribution in [1.82, 2.24) is 0 Å². The predicted molar refractivity (Wildman–Crippen MR) is 108 cm³/mol. The van der Waals surface area contributed by atoms with Crippen LogP contribution >= 0.6 is 0 Å². The minimum Gasteiger partial charge on any atom is -0.394 e. The molecule has 0 saturated carbocycles. The number of hydrogen-bond acceptors (Lipinski definition) is 8. The minimum absolute atomic E-state index is 0.415. The van der Waals surface area contributed by atoms with Gasteiger partial charge in [0.15, 0.2) is 6.29 Å². The normalized spacial score (nSPS) is 31.9. The van der Waals surface area contributed by atoms with Gasteiger partial charge < -0.3 is 40.1 Å². The Morgan fingerprint density at radius 2 is 1.76 bits per heavy atom. The molecule has 6 N–H and O–H groups in total. The average molecular weight is 419 g/mol. The van der Waals surface area contributed by atoms with Gasteiger partial charge in [-0.3, -0.25) is 0 Å². The van der Waals surface area contributed by atoms with Crippen LogP contribution in [-0.2, 0) is 9.47 Å². The summed E-state index contributed by atoms with van der Waals surface area (Å²) in [6, 6.07) is 0. The second-order valence-corrected chi connectivity index (χ2v) is 8.66. The Hall–Kier alpha value is -0.840. The van der Waals surface area contributed by atoms with Gasteiger partial charge in [-0.2, -0.15) is 0 Å². The molecule has 1 rings (SSSR count). The fraction of sp³-hybridized carbons (Fsp3) is 0.810. The van der Waals surface area contributed by atoms with E-state index < -0.39 is 54.6 Å². The molecule has 0 unspecified atom stereocenters. The van der Waals surface area contributed by atoms with Crippen LogP contribution in [0.4, 0.5) is 0 Å². The zero-order valence-electron chi connectivity index (χ0n) is 17.9. The summed E-state index contributed by atoms with van der Waals surface area (Å²) in [5.41, 5.74) is -1.12. The van der Waals surface area contributed by atoms with Crippen LogP contribution in [0, 0.1) is 0 Å². The summed E-state index contributed by atoms with van der Waals surface area (Å²) in [6.45, 7) is 9.84. The molecular formula is C21H38O8. The molecule has 0 bridgehead atoms. The van der Waals surface area contributed by atoms with E-state index >= 15 is 0 Å². The van der Waals surface area contributed by atoms with E-state index in [2.05, 4.69) is 6.58 Å². The lowest BCUT2D eigenvalue weighted by Crippen LogP contribution is -2.60. The van der Waals surface area contributed by atoms with E-state index in [1.165, 1.54) is 6.08 Å². The van der Waals surface area contributed by atoms with Crippen molar-refractivity contribution in [2.45, 2.75) is 101 Å². The Bertz CT molecular complexity index is 537. The molecule has 170 valence electrons. The highest BCUT2D eigenvalue weighted by Crippen LogP contribution is 2.28. The van der Waals surface area contributed by atoms with Gasteiger partial charge in [0.2, 0.25) is 0 Å². The van der Waals surface area contributed by atoms with E-state index in [-0.39, 0.29) is 0 Å². The Morgan fingerprint density at radius 1 is 1.14 bits per heavy atom. The van der Waals surface area contributed by atoms with Gasteiger partial charge in [-0.05, 0) is 53.4 Å². The van der Waals surface area contributed by atoms with Gasteiger partial charge in [-0.1, -0.05) is 17.7 Å². The maximum absolute atomic E-state index is 10.5. The van der Waals surface area contributed by atoms with Crippen LogP contribution in [0.15, 0.2) is 24.3 Å². The second kappa shape index (κ2) is 11.0. The van der Waals surface area contributed by atoms with Crippen LogP contribution in [0.1, 0.15) is 53.4 Å². The molecule has 8 heteroatoms. The lowest BCUT2D eigenvalue weighted by atomic mass is 9.94. The highest BCUT2D eigenvalue weighted by molar-refractivity contribution is 5.02. The van der Waals surface area contributed by atoms with E-state index in [1.807, 2.05) is 13.0 Å². The van der Waals surface area contributed by atoms with Crippen LogP contribution < -0.4 is 0 Å². The third-order valence-electron chi connectivity index (χ3n) is 5.32. The SMILES string of the molecule is C=C[C@@](C)(O)CC/C=C(\C)CC[C@@H](O[C@@H]1O[C@H](CO)[C@@H](O)[C@H](O)[C@H]1O)C(C)(C)O. The van der Waals surface area contributed by atoms with E-state index in [4.69, 9.17) is 9.47 Å². The lowest BCUT2D eigenvalue weighted by molar-refractivity contribution is -0.322. The molecule has 0 aromatic heterocycles. The van der Waals surface area contributed by atoms with E-state index in [0.29, 0.717) is 25.7 Å². The maximum Gasteiger partial charge on any atom is 0.187 e. The number of aliphatic hydroxyl groups excluding tert-OH is 4. The zero-order valence-corrected chi connectivity index (χ0v) is 17.9. The Kier molecular flexibility index (Phi) is 9.91. The maximum atomic E-state index is 10.5. The standard InChI is InChI=1S/C21H38O8/c1-6-21(5,27)11-7-8-13(2)9-10-15(20(3,4)26)29-19-18(25)17(24)16(23)14(12-22)28-19/h6,8,14-19,22-27H,1,7,9-12H2,2-5H3/b13-8+/t14-,15-,16-,17+,18-,19+,21-/m1/s1. The molecule has 7 atom stereocenters. The first-order chi connectivity index (χ1) is 13.3. The molecule has 0 amide bonds. The summed E-state index contributed by atoms with van der Waals surface area (Å²) in [6.07, 6.45) is -1.87. The Labute approximate surface area is 173 Å². The molecule has 1 heterocycles. The Morgan fingerprint density at radius 3 is 2.28 bits per heavy atom. The van der Waals surface area contributed by atoms with Crippen molar-refractivity contribution >= 4 is 0 Å². The summed E-state index contributed by atoms with van der Waals surface area (Å²) in [5.74, 6) is 0. The van der Waals surface area contributed by atoms with Crippen molar-refractivity contribution in [3.63, 3.8) is 0 Å². The van der Waals surface area contributed by atoms with Crippen LogP contribution in [-0.4, -0.2) is 85.3 Å². The largest absolute Gasteiger partial charge is 0.394 e. The molecule has 0 aliphatic carbocycles. The van der Waals surface area contributed by atoms with Crippen molar-refractivity contribution in [3.05, 3.63) is 24.3 Å². The molecule has 1 saturated heterocycles. The number of rotatable bonds is 11. The monoisotopic (exact) mass is 418 g/mol. The van der Waals surface area contributed by atoms with Gasteiger partial charge in [-0.15, -0.1) is 6.58 Å². The fourth-order valence-electron chi connectivity index (χ4n) is 3.10. The van der Waals surface area contributed by atoms with Gasteiger partial charge in [0, 0.05) is 0 Å². The zero-order chi connectivity index (χ0) is 22.4. The second-order valence-electron chi connectivity index (χ2n) is 8.66. The summed E-state index contributed by atoms with van der Waals surface area (Å²) in [5, 5.41) is 59.7. The molecule has 1 aliphatic rings. The van der Waals surface area contributed by atoms with Gasteiger partial charge in [0.05, 0.1) is 23.9 Å². The van der Waals surface area contributed by atoms with E-state index in [1.54, 1.807) is 20.8 Å². The number of allylic oxidation sites excluding steroid dienone is 2. The molecule has 0 radical (unpaired) electrons. The molecule has 1 aliphatic heterocycles. The summed E-state index contributed by atoms with van der Waals surface area (Å²) in [7, 11) is 0. The third kappa shape index (κ3) is 8.07. The minimum atomic E-state index is -1.53. The first-order valence-electron chi connectivity index (χ1n) is 10.0. The summed E-state index contributed by atoms with van der Waals surface area (Å²) < 4.78 is 11.1. The van der Waals surface area contributed by atoms with Crippen LogP contribution in [0.3, 0.4) is 0 Å². The van der Waals surface area contributed by atoms with Gasteiger partial charge >= 0.3 is 0 Å². The average Bonchev–Trinajstić information content (AvgIpc) is 2.63. The first kappa shape index (κ1) is 26.2. The predicted octanol–water partition coefficient (Wildman–Crippen LogP) is 0.386. The highest BCUT2D eigenvalue weighted by Gasteiger charge is 2.46. The van der Waals surface area contributed by atoms with Gasteiger partial charge in [0.25, 0.3) is 0 Å². The van der Waals surface area contributed by atoms with E-state index in [9.17, 15) is 30.6 Å². The fourth-order valence-corrected chi connectivity index (χ4v) is 3.10. The molecule has 0 spiro atoms. The summed E-state index contributed by atoms with van der Waals surface area (Å²) in [4.78, 5) is 0. The number of ether oxygens (including phenoxy) is 2. The molecule has 0 aromatic rings. The van der Waals surface area contributed by atoms with Crippen molar-refractivity contribution in [1.29, 1.82) is 0 Å². The molecule has 1 fully saturated rings. The smallest absolute Gasteiger partial charge is 0.187 e. The van der Waals surface area contributed by atoms with Crippen molar-refractivity contribution < 1.29 is 40.1 Å². The van der Waals surface area contributed by atoms with Crippen LogP contribution in [0.2, 0.25) is 0 Å². The van der Waals surface area contributed by atoms with Gasteiger partial charge in [-0.25, -0.2) is 0 Å². The van der Waals surface area contributed by atoms with Gasteiger partial charge in [0.1, 0.15) is 24.4 Å². The van der Waals surface area contributed by atoms with E-state index in [0.717, 1.165) is 5.57 Å². The van der Waals surface area contributed by atoms with Crippen molar-refractivity contribution in [2.24, 2.45) is 0 Å². The lowest BCUT2D eigenvalue weighted by Gasteiger charge is -2.42. The number of aliphatic hydroxyl groups is 6. The molecule has 0 aromatic carbocycles. The van der Waals surface area contributed by atoms with Crippen molar-refractivity contribution in [2.75, 3.05) is 6.61 Å². The first-order valence-corrected chi connectivity index (χ1v) is 10.0. The highest BCUT2D eigenvalue weighted by atomic mass is 16.7. The topological polar surface area (TPSA) is 140 Å². The number of hydrogen-bond donors (Lipinski definition) is 6. The quantitative estimate of drug-likeness (QED) is 0.265. The Balaban J connectivity index is 2.72. The van der Waals surface area contributed by atoms with Crippen molar-refractivity contribution in [3.8, 4) is 0 Å².